The molecule has 8 heteroatoms. The van der Waals surface area contributed by atoms with Gasteiger partial charge in [0.25, 0.3) is 11.8 Å². The lowest BCUT2D eigenvalue weighted by Gasteiger charge is -2.37. The highest BCUT2D eigenvalue weighted by Crippen LogP contribution is 2.35. The van der Waals surface area contributed by atoms with E-state index in [0.29, 0.717) is 55.2 Å². The van der Waals surface area contributed by atoms with Crippen molar-refractivity contribution in [3.05, 3.63) is 64.2 Å². The number of halogens is 1. The van der Waals surface area contributed by atoms with E-state index >= 15 is 0 Å². The van der Waals surface area contributed by atoms with Gasteiger partial charge in [0.2, 0.25) is 5.91 Å². The molecule has 3 aliphatic heterocycles. The maximum absolute atomic E-state index is 13.3. The van der Waals surface area contributed by atoms with Crippen molar-refractivity contribution in [1.29, 1.82) is 0 Å². The molecule has 2 aromatic rings. The number of aliphatic hydroxyl groups excluding tert-OH is 1. The molecule has 2 saturated heterocycles. The normalized spacial score (nSPS) is 21.2. The number of hydrogen-bond acceptors (Lipinski definition) is 5. The summed E-state index contributed by atoms with van der Waals surface area (Å²) in [5.41, 5.74) is 2.32. The first kappa shape index (κ1) is 22.9. The van der Waals surface area contributed by atoms with Crippen LogP contribution in [0.4, 0.5) is 5.69 Å². The summed E-state index contributed by atoms with van der Waals surface area (Å²) < 4.78 is 0. The van der Waals surface area contributed by atoms with Crippen molar-refractivity contribution in [3.63, 3.8) is 0 Å². The van der Waals surface area contributed by atoms with Gasteiger partial charge in [-0.3, -0.25) is 19.3 Å². The molecule has 0 spiro atoms. The standard InChI is InChI=1S/C26H28ClN3O4/c27-21-8-2-1-5-18(21)15-30-25(33)20-7-3-9-22(23(20)26(30)34)28-13-10-17(11-14-28)24(32)29-12-4-6-19(31)16-29/h1-3,5,7-9,17,19,31H,4,6,10-16H2/t19-/m1/s1. The monoisotopic (exact) mass is 481 g/mol. The first-order chi connectivity index (χ1) is 16.4. The number of nitrogens with zero attached hydrogens (tertiary/aromatic N) is 3. The highest BCUT2D eigenvalue weighted by Gasteiger charge is 2.39. The Kier molecular flexibility index (Phi) is 6.32. The zero-order valence-corrected chi connectivity index (χ0v) is 19.7. The molecular formula is C26H28ClN3O4. The number of β-amino-alcohol motifs (C(OH)–C–C–N with tert-alkyl or cyclic N) is 1. The molecule has 0 aromatic heterocycles. The summed E-state index contributed by atoms with van der Waals surface area (Å²) in [4.78, 5) is 44.5. The number of carbonyl (C=O) groups excluding carboxylic acids is 3. The van der Waals surface area contributed by atoms with Crippen molar-refractivity contribution in [2.45, 2.75) is 38.3 Å². The Labute approximate surface area is 203 Å². The minimum atomic E-state index is -0.429. The second-order valence-electron chi connectivity index (χ2n) is 9.33. The molecule has 3 amide bonds. The lowest BCUT2D eigenvalue weighted by Crippen LogP contribution is -2.47. The first-order valence-electron chi connectivity index (χ1n) is 11.9. The van der Waals surface area contributed by atoms with Crippen molar-refractivity contribution in [2.24, 2.45) is 5.92 Å². The van der Waals surface area contributed by atoms with E-state index in [9.17, 15) is 19.5 Å². The topological polar surface area (TPSA) is 81.2 Å². The highest BCUT2D eigenvalue weighted by molar-refractivity contribution is 6.31. The summed E-state index contributed by atoms with van der Waals surface area (Å²) in [6.45, 7) is 2.53. The third-order valence-corrected chi connectivity index (χ3v) is 7.53. The molecule has 3 heterocycles. The molecule has 0 radical (unpaired) electrons. The van der Waals surface area contributed by atoms with Crippen molar-refractivity contribution in [1.82, 2.24) is 9.80 Å². The molecule has 1 atom stereocenters. The van der Waals surface area contributed by atoms with Gasteiger partial charge in [-0.15, -0.1) is 0 Å². The second kappa shape index (κ2) is 9.39. The van der Waals surface area contributed by atoms with Gasteiger partial charge in [-0.05, 0) is 49.4 Å². The van der Waals surface area contributed by atoms with Crippen LogP contribution in [-0.4, -0.2) is 64.9 Å². The van der Waals surface area contributed by atoms with Gasteiger partial charge in [0.15, 0.2) is 0 Å². The van der Waals surface area contributed by atoms with Gasteiger partial charge in [0, 0.05) is 37.1 Å². The van der Waals surface area contributed by atoms with E-state index in [0.717, 1.165) is 24.1 Å². The number of piperidine rings is 2. The van der Waals surface area contributed by atoms with Crippen LogP contribution in [0.1, 0.15) is 52.0 Å². The number of carbonyl (C=O) groups is 3. The zero-order valence-electron chi connectivity index (χ0n) is 19.0. The fourth-order valence-corrected chi connectivity index (χ4v) is 5.50. The molecule has 2 aromatic carbocycles. The molecule has 2 fully saturated rings. The van der Waals surface area contributed by atoms with Crippen LogP contribution in [0, 0.1) is 5.92 Å². The molecule has 34 heavy (non-hydrogen) atoms. The van der Waals surface area contributed by atoms with Crippen molar-refractivity contribution >= 4 is 35.0 Å². The van der Waals surface area contributed by atoms with Gasteiger partial charge in [0.1, 0.15) is 0 Å². The molecular weight excluding hydrogens is 454 g/mol. The molecule has 1 N–H and O–H groups in total. The van der Waals surface area contributed by atoms with Crippen molar-refractivity contribution in [2.75, 3.05) is 31.1 Å². The number of anilines is 1. The highest BCUT2D eigenvalue weighted by atomic mass is 35.5. The zero-order chi connectivity index (χ0) is 23.8. The lowest BCUT2D eigenvalue weighted by molar-refractivity contribution is -0.139. The van der Waals surface area contributed by atoms with Crippen molar-refractivity contribution in [3.8, 4) is 0 Å². The van der Waals surface area contributed by atoms with Gasteiger partial charge in [-0.25, -0.2) is 0 Å². The summed E-state index contributed by atoms with van der Waals surface area (Å²) >= 11 is 6.26. The largest absolute Gasteiger partial charge is 0.391 e. The minimum Gasteiger partial charge on any atom is -0.391 e. The lowest BCUT2D eigenvalue weighted by atomic mass is 9.93. The molecule has 7 nitrogen and oxygen atoms in total. The number of fused-ring (bicyclic) bond motifs is 1. The Morgan fingerprint density at radius 1 is 0.971 bits per heavy atom. The molecule has 5 rings (SSSR count). The summed E-state index contributed by atoms with van der Waals surface area (Å²) in [5, 5.41) is 10.4. The molecule has 0 bridgehead atoms. The van der Waals surface area contributed by atoms with E-state index in [2.05, 4.69) is 4.90 Å². The predicted molar refractivity (Wildman–Crippen MR) is 129 cm³/mol. The fraction of sp³-hybridized carbons (Fsp3) is 0.423. The third-order valence-electron chi connectivity index (χ3n) is 7.16. The Balaban J connectivity index is 1.30. The fourth-order valence-electron chi connectivity index (χ4n) is 5.30. The first-order valence-corrected chi connectivity index (χ1v) is 12.3. The van der Waals surface area contributed by atoms with Crippen LogP contribution in [0.15, 0.2) is 42.5 Å². The molecule has 0 unspecified atom stereocenters. The van der Waals surface area contributed by atoms with Crippen LogP contribution in [0.5, 0.6) is 0 Å². The van der Waals surface area contributed by atoms with Gasteiger partial charge < -0.3 is 14.9 Å². The summed E-state index contributed by atoms with van der Waals surface area (Å²) in [6, 6.07) is 12.6. The molecule has 0 saturated carbocycles. The number of hydrogen-bond donors (Lipinski definition) is 1. The number of imide groups is 1. The smallest absolute Gasteiger partial charge is 0.263 e. The van der Waals surface area contributed by atoms with Crippen LogP contribution >= 0.6 is 11.6 Å². The number of benzene rings is 2. The molecule has 178 valence electrons. The Hall–Kier alpha value is -2.90. The van der Waals surface area contributed by atoms with E-state index in [1.807, 2.05) is 30.3 Å². The van der Waals surface area contributed by atoms with Gasteiger partial charge in [-0.2, -0.15) is 0 Å². The van der Waals surface area contributed by atoms with Gasteiger partial charge in [-0.1, -0.05) is 35.9 Å². The van der Waals surface area contributed by atoms with E-state index in [4.69, 9.17) is 11.6 Å². The van der Waals surface area contributed by atoms with Gasteiger partial charge >= 0.3 is 0 Å². The number of aliphatic hydroxyl groups is 1. The molecule has 0 aliphatic carbocycles. The average molecular weight is 482 g/mol. The molecule has 3 aliphatic rings. The average Bonchev–Trinajstić information content (AvgIpc) is 3.10. The SMILES string of the molecule is O=C(C1CCN(c2cccc3c2C(=O)N(Cc2ccccc2Cl)C3=O)CC1)N1CCC[C@@H](O)C1. The minimum absolute atomic E-state index is 0.0765. The maximum atomic E-state index is 13.3. The van der Waals surface area contributed by atoms with Crippen LogP contribution in [0.3, 0.4) is 0 Å². The Morgan fingerprint density at radius 3 is 2.47 bits per heavy atom. The number of rotatable bonds is 4. The quantitative estimate of drug-likeness (QED) is 0.677. The van der Waals surface area contributed by atoms with E-state index < -0.39 is 6.10 Å². The van der Waals surface area contributed by atoms with Crippen molar-refractivity contribution < 1.29 is 19.5 Å². The van der Waals surface area contributed by atoms with E-state index in [1.165, 1.54) is 4.90 Å². The summed E-state index contributed by atoms with van der Waals surface area (Å²) in [7, 11) is 0. The Bertz CT molecular complexity index is 1130. The van der Waals surface area contributed by atoms with Crippen LogP contribution in [0.2, 0.25) is 5.02 Å². The van der Waals surface area contributed by atoms with E-state index in [1.54, 1.807) is 17.0 Å². The maximum Gasteiger partial charge on any atom is 0.263 e. The van der Waals surface area contributed by atoms with Crippen LogP contribution < -0.4 is 4.90 Å². The summed E-state index contributed by atoms with van der Waals surface area (Å²) in [6.07, 6.45) is 2.52. The van der Waals surface area contributed by atoms with Crippen LogP contribution in [0.25, 0.3) is 0 Å². The van der Waals surface area contributed by atoms with Gasteiger partial charge in [0.05, 0.1) is 29.5 Å². The predicted octanol–water partition coefficient (Wildman–Crippen LogP) is 3.34. The number of likely N-dealkylation sites (tertiary alicyclic amines) is 1. The second-order valence-corrected chi connectivity index (χ2v) is 9.74. The van der Waals surface area contributed by atoms with E-state index in [-0.39, 0.29) is 30.2 Å². The Morgan fingerprint density at radius 2 is 1.74 bits per heavy atom. The third kappa shape index (κ3) is 4.18. The summed E-state index contributed by atoms with van der Waals surface area (Å²) in [5.74, 6) is -0.576. The number of amides is 3. The van der Waals surface area contributed by atoms with Crippen LogP contribution in [-0.2, 0) is 11.3 Å².